The van der Waals surface area contributed by atoms with E-state index in [1.54, 1.807) is 0 Å². The number of anilines is 2. The highest BCUT2D eigenvalue weighted by Crippen LogP contribution is 2.43. The third-order valence-electron chi connectivity index (χ3n) is 4.95. The highest BCUT2D eigenvalue weighted by Gasteiger charge is 2.50. The number of fused-ring (bicyclic) bond motifs is 1. The molecule has 1 N–H and O–H groups in total. The zero-order chi connectivity index (χ0) is 17.4. The highest BCUT2D eigenvalue weighted by molar-refractivity contribution is 9.10. The first-order valence-electron chi connectivity index (χ1n) is 8.60. The van der Waals surface area contributed by atoms with E-state index in [4.69, 9.17) is 0 Å². The van der Waals surface area contributed by atoms with Crippen molar-refractivity contribution in [2.45, 2.75) is 19.3 Å². The molecule has 25 heavy (non-hydrogen) atoms. The van der Waals surface area contributed by atoms with Gasteiger partial charge < -0.3 is 10.2 Å². The number of nitrogens with one attached hydrogen (secondary N) is 1. The van der Waals surface area contributed by atoms with Crippen LogP contribution < -0.4 is 10.2 Å². The maximum atomic E-state index is 12.9. The Kier molecular flexibility index (Phi) is 4.34. The van der Waals surface area contributed by atoms with Crippen LogP contribution in [-0.4, -0.2) is 18.4 Å². The molecule has 1 heterocycles. The van der Waals surface area contributed by atoms with Crippen molar-refractivity contribution in [1.29, 1.82) is 0 Å². The lowest BCUT2D eigenvalue weighted by molar-refractivity contribution is -0.123. The second-order valence-corrected chi connectivity index (χ2v) is 7.49. The smallest absolute Gasteiger partial charge is 0.230 e. The molecule has 2 aliphatic rings. The summed E-state index contributed by atoms with van der Waals surface area (Å²) in [6.45, 7) is 0.741. The lowest BCUT2D eigenvalue weighted by Crippen LogP contribution is -2.37. The van der Waals surface area contributed by atoms with Gasteiger partial charge in [-0.2, -0.15) is 0 Å². The van der Waals surface area contributed by atoms with Crippen LogP contribution in [-0.2, 0) is 16.0 Å². The minimum absolute atomic E-state index is 0.0736. The molecule has 4 nitrogen and oxygen atoms in total. The molecule has 5 heteroatoms. The fourth-order valence-electron chi connectivity index (χ4n) is 3.51. The van der Waals surface area contributed by atoms with Gasteiger partial charge in [0, 0.05) is 16.7 Å². The molecule has 128 valence electrons. The third-order valence-corrected chi connectivity index (χ3v) is 5.64. The van der Waals surface area contributed by atoms with Crippen molar-refractivity contribution in [1.82, 2.24) is 0 Å². The van der Waals surface area contributed by atoms with Gasteiger partial charge in [0.2, 0.25) is 11.8 Å². The number of para-hydroxylation sites is 2. The molecule has 0 bridgehead atoms. The van der Waals surface area contributed by atoms with E-state index in [2.05, 4.69) is 27.3 Å². The normalized spacial score (nSPS) is 21.4. The first-order valence-corrected chi connectivity index (χ1v) is 9.39. The molecule has 1 saturated carbocycles. The van der Waals surface area contributed by atoms with Crippen LogP contribution in [0.2, 0.25) is 0 Å². The molecule has 1 fully saturated rings. The van der Waals surface area contributed by atoms with Gasteiger partial charge in [-0.15, -0.1) is 0 Å². The minimum atomic E-state index is -0.228. The minimum Gasteiger partial charge on any atom is -0.325 e. The van der Waals surface area contributed by atoms with Crippen molar-refractivity contribution in [3.63, 3.8) is 0 Å². The van der Waals surface area contributed by atoms with Crippen LogP contribution in [0.15, 0.2) is 53.0 Å². The van der Waals surface area contributed by atoms with Crippen LogP contribution in [0, 0.1) is 11.8 Å². The van der Waals surface area contributed by atoms with Gasteiger partial charge >= 0.3 is 0 Å². The van der Waals surface area contributed by atoms with Crippen molar-refractivity contribution >= 4 is 39.1 Å². The van der Waals surface area contributed by atoms with E-state index < -0.39 is 0 Å². The molecule has 0 aromatic heterocycles. The Morgan fingerprint density at radius 3 is 2.64 bits per heavy atom. The SMILES string of the molecule is O=C(Nc1ccccc1Br)C1CC1C(=O)N1CCCc2ccccc21. The Morgan fingerprint density at radius 2 is 1.80 bits per heavy atom. The molecule has 2 aromatic carbocycles. The van der Waals surface area contributed by atoms with Crippen molar-refractivity contribution in [2.75, 3.05) is 16.8 Å². The van der Waals surface area contributed by atoms with Crippen LogP contribution in [0.4, 0.5) is 11.4 Å². The molecule has 2 aromatic rings. The standard InChI is InChI=1S/C20H19BrN2O2/c21-16-8-2-3-9-17(16)22-19(24)14-12-15(14)20(25)23-11-5-7-13-6-1-4-10-18(13)23/h1-4,6,8-10,14-15H,5,7,11-12H2,(H,22,24). The van der Waals surface area contributed by atoms with E-state index in [1.165, 1.54) is 5.56 Å². The van der Waals surface area contributed by atoms with E-state index >= 15 is 0 Å². The van der Waals surface area contributed by atoms with Gasteiger partial charge in [-0.25, -0.2) is 0 Å². The number of carbonyl (C=O) groups excluding carboxylic acids is 2. The van der Waals surface area contributed by atoms with Gasteiger partial charge in [0.15, 0.2) is 0 Å². The lowest BCUT2D eigenvalue weighted by Gasteiger charge is -2.29. The van der Waals surface area contributed by atoms with Gasteiger partial charge in [0.1, 0.15) is 0 Å². The van der Waals surface area contributed by atoms with Crippen LogP contribution in [0.1, 0.15) is 18.4 Å². The van der Waals surface area contributed by atoms with Crippen LogP contribution in [0.3, 0.4) is 0 Å². The summed E-state index contributed by atoms with van der Waals surface area (Å²) in [7, 11) is 0. The zero-order valence-electron chi connectivity index (χ0n) is 13.7. The topological polar surface area (TPSA) is 49.4 Å². The second-order valence-electron chi connectivity index (χ2n) is 6.64. The fraction of sp³-hybridized carbons (Fsp3) is 0.300. The predicted octanol–water partition coefficient (Wildman–Crippen LogP) is 4.00. The summed E-state index contributed by atoms with van der Waals surface area (Å²) in [5.41, 5.74) is 2.97. The van der Waals surface area contributed by atoms with Crippen LogP contribution >= 0.6 is 15.9 Å². The summed E-state index contributed by atoms with van der Waals surface area (Å²) < 4.78 is 0.844. The van der Waals surface area contributed by atoms with Gasteiger partial charge in [0.05, 0.1) is 17.5 Å². The maximum Gasteiger partial charge on any atom is 0.230 e. The monoisotopic (exact) mass is 398 g/mol. The molecular weight excluding hydrogens is 380 g/mol. The average Bonchev–Trinajstić information content (AvgIpc) is 3.43. The maximum absolute atomic E-state index is 12.9. The van der Waals surface area contributed by atoms with Crippen molar-refractivity contribution in [3.8, 4) is 0 Å². The van der Waals surface area contributed by atoms with Crippen LogP contribution in [0.5, 0.6) is 0 Å². The van der Waals surface area contributed by atoms with Gasteiger partial charge in [-0.05, 0) is 59.0 Å². The second kappa shape index (κ2) is 6.64. The molecule has 2 unspecified atom stereocenters. The molecular formula is C20H19BrN2O2. The van der Waals surface area contributed by atoms with E-state index in [0.29, 0.717) is 6.42 Å². The molecule has 0 radical (unpaired) electrons. The van der Waals surface area contributed by atoms with Crippen LogP contribution in [0.25, 0.3) is 0 Å². The Bertz CT molecular complexity index is 836. The van der Waals surface area contributed by atoms with Crippen molar-refractivity contribution < 1.29 is 9.59 Å². The third kappa shape index (κ3) is 3.21. The first kappa shape index (κ1) is 16.3. The van der Waals surface area contributed by atoms with E-state index in [9.17, 15) is 9.59 Å². The summed E-state index contributed by atoms with van der Waals surface area (Å²) in [6, 6.07) is 15.6. The fourth-order valence-corrected chi connectivity index (χ4v) is 3.89. The molecule has 1 aliphatic carbocycles. The Labute approximate surface area is 155 Å². The molecule has 1 aliphatic heterocycles. The summed E-state index contributed by atoms with van der Waals surface area (Å²) in [4.78, 5) is 27.2. The summed E-state index contributed by atoms with van der Waals surface area (Å²) >= 11 is 3.43. The lowest BCUT2D eigenvalue weighted by atomic mass is 10.0. The Morgan fingerprint density at radius 1 is 1.04 bits per heavy atom. The molecule has 2 atom stereocenters. The number of hydrogen-bond donors (Lipinski definition) is 1. The van der Waals surface area contributed by atoms with Gasteiger partial charge in [0.25, 0.3) is 0 Å². The van der Waals surface area contributed by atoms with Crippen molar-refractivity contribution in [3.05, 3.63) is 58.6 Å². The molecule has 0 spiro atoms. The number of rotatable bonds is 3. The number of halogens is 1. The number of amides is 2. The molecule has 0 saturated heterocycles. The van der Waals surface area contributed by atoms with E-state index in [-0.39, 0.29) is 23.7 Å². The molecule has 4 rings (SSSR count). The summed E-state index contributed by atoms with van der Waals surface area (Å²) in [5, 5.41) is 2.92. The number of benzene rings is 2. The van der Waals surface area contributed by atoms with Gasteiger partial charge in [-0.1, -0.05) is 30.3 Å². The first-order chi connectivity index (χ1) is 12.1. The number of nitrogens with zero attached hydrogens (tertiary/aromatic N) is 1. The Balaban J connectivity index is 1.44. The Hall–Kier alpha value is -2.14. The number of hydrogen-bond acceptors (Lipinski definition) is 2. The summed E-state index contributed by atoms with van der Waals surface area (Å²) in [6.07, 6.45) is 2.62. The zero-order valence-corrected chi connectivity index (χ0v) is 15.3. The summed E-state index contributed by atoms with van der Waals surface area (Å²) in [5.74, 6) is -0.419. The van der Waals surface area contributed by atoms with Crippen molar-refractivity contribution in [2.24, 2.45) is 11.8 Å². The molecule has 2 amide bonds. The highest BCUT2D eigenvalue weighted by atomic mass is 79.9. The predicted molar refractivity (Wildman–Crippen MR) is 101 cm³/mol. The number of aryl methyl sites for hydroxylation is 1. The van der Waals surface area contributed by atoms with E-state index in [1.807, 2.05) is 47.4 Å². The van der Waals surface area contributed by atoms with Gasteiger partial charge in [-0.3, -0.25) is 9.59 Å². The number of carbonyl (C=O) groups is 2. The average molecular weight is 399 g/mol. The largest absolute Gasteiger partial charge is 0.325 e. The quantitative estimate of drug-likeness (QED) is 0.848. The van der Waals surface area contributed by atoms with E-state index in [0.717, 1.165) is 35.2 Å².